The smallest absolute Gasteiger partial charge is 0.0911 e. The predicted molar refractivity (Wildman–Crippen MR) is 72.2 cm³/mol. The van der Waals surface area contributed by atoms with Crippen LogP contribution in [0, 0.1) is 22.2 Å². The average molecular weight is 237 g/mol. The zero-order chi connectivity index (χ0) is 12.7. The highest BCUT2D eigenvalue weighted by atomic mass is 15.2. The summed E-state index contributed by atoms with van der Waals surface area (Å²) in [7, 11) is 0. The number of likely N-dealkylation sites (tertiary alicyclic amines) is 1. The Balaban J connectivity index is 1.84. The molecular weight excluding hydrogens is 210 g/mol. The van der Waals surface area contributed by atoms with Crippen LogP contribution in [0.2, 0.25) is 0 Å². The van der Waals surface area contributed by atoms with Crippen LogP contribution < -0.4 is 5.73 Å². The molecule has 1 unspecified atom stereocenters. The normalized spacial score (nSPS) is 28.3. The number of hydrogen-bond donors (Lipinski definition) is 2. The summed E-state index contributed by atoms with van der Waals surface area (Å²) < 4.78 is 0. The maximum absolute atomic E-state index is 7.46. The van der Waals surface area contributed by atoms with Crippen molar-refractivity contribution >= 4 is 5.84 Å². The summed E-state index contributed by atoms with van der Waals surface area (Å²) in [6.45, 7) is 10.7. The molecule has 3 heteroatoms. The zero-order valence-electron chi connectivity index (χ0n) is 11.6. The molecule has 0 bridgehead atoms. The zero-order valence-corrected chi connectivity index (χ0v) is 11.6. The lowest BCUT2D eigenvalue weighted by atomic mass is 9.80. The molecule has 1 aliphatic carbocycles. The van der Waals surface area contributed by atoms with Crippen molar-refractivity contribution in [1.29, 1.82) is 5.41 Å². The van der Waals surface area contributed by atoms with Crippen LogP contribution in [0.3, 0.4) is 0 Å². The van der Waals surface area contributed by atoms with Crippen molar-refractivity contribution in [3.05, 3.63) is 0 Å². The average Bonchev–Trinajstić information content (AvgIpc) is 2.73. The molecule has 2 rings (SSSR count). The van der Waals surface area contributed by atoms with Crippen molar-refractivity contribution in [2.24, 2.45) is 22.5 Å². The van der Waals surface area contributed by atoms with E-state index in [1.54, 1.807) is 0 Å². The van der Waals surface area contributed by atoms with E-state index in [9.17, 15) is 0 Å². The first kappa shape index (κ1) is 12.9. The molecule has 0 aromatic heterocycles. The Morgan fingerprint density at radius 3 is 2.47 bits per heavy atom. The van der Waals surface area contributed by atoms with Gasteiger partial charge in [-0.15, -0.1) is 0 Å². The summed E-state index contributed by atoms with van der Waals surface area (Å²) in [6.07, 6.45) is 4.68. The van der Waals surface area contributed by atoms with Gasteiger partial charge in [0.1, 0.15) is 0 Å². The van der Waals surface area contributed by atoms with Gasteiger partial charge >= 0.3 is 0 Å². The molecule has 1 atom stereocenters. The summed E-state index contributed by atoms with van der Waals surface area (Å²) >= 11 is 0. The van der Waals surface area contributed by atoms with Crippen LogP contribution in [0.25, 0.3) is 0 Å². The van der Waals surface area contributed by atoms with E-state index in [1.165, 1.54) is 38.9 Å². The molecule has 2 fully saturated rings. The van der Waals surface area contributed by atoms with Gasteiger partial charge in [0.05, 0.1) is 5.84 Å². The van der Waals surface area contributed by atoms with E-state index in [-0.39, 0.29) is 0 Å². The van der Waals surface area contributed by atoms with Crippen LogP contribution in [0.5, 0.6) is 0 Å². The first-order valence-electron chi connectivity index (χ1n) is 6.86. The third-order valence-electron chi connectivity index (χ3n) is 4.58. The number of nitrogens with one attached hydrogen (secondary N) is 1. The summed E-state index contributed by atoms with van der Waals surface area (Å²) in [5.74, 6) is 1.20. The molecule has 98 valence electrons. The SMILES string of the molecule is CC(C)(C)C1CCN(CC2(CC(=N)N)CC2)C1. The van der Waals surface area contributed by atoms with Crippen LogP contribution in [0.1, 0.15) is 46.5 Å². The first-order chi connectivity index (χ1) is 7.81. The van der Waals surface area contributed by atoms with E-state index in [2.05, 4.69) is 25.7 Å². The monoisotopic (exact) mass is 237 g/mol. The van der Waals surface area contributed by atoms with Crippen LogP contribution in [0.15, 0.2) is 0 Å². The van der Waals surface area contributed by atoms with Gasteiger partial charge in [0.25, 0.3) is 0 Å². The highest BCUT2D eigenvalue weighted by Crippen LogP contribution is 2.50. The summed E-state index contributed by atoms with van der Waals surface area (Å²) in [5, 5.41) is 7.46. The topological polar surface area (TPSA) is 53.1 Å². The second kappa shape index (κ2) is 4.27. The standard InChI is InChI=1S/C14H27N3/c1-13(2,3)11-4-7-17(9-11)10-14(5-6-14)8-12(15)16/h11H,4-10H2,1-3H3,(H3,15,16). The predicted octanol–water partition coefficient (Wildman–Crippen LogP) is 2.46. The number of hydrogen-bond acceptors (Lipinski definition) is 2. The second-order valence-electron chi connectivity index (χ2n) is 7.29. The molecule has 1 aliphatic heterocycles. The Bertz CT molecular complexity index is 299. The molecule has 0 amide bonds. The second-order valence-corrected chi connectivity index (χ2v) is 7.29. The Hall–Kier alpha value is -0.570. The number of rotatable bonds is 4. The Morgan fingerprint density at radius 1 is 1.41 bits per heavy atom. The van der Waals surface area contributed by atoms with Crippen LogP contribution in [-0.2, 0) is 0 Å². The number of nitrogens with zero attached hydrogens (tertiary/aromatic N) is 1. The minimum absolute atomic E-state index is 0.370. The van der Waals surface area contributed by atoms with Gasteiger partial charge in [-0.1, -0.05) is 20.8 Å². The van der Waals surface area contributed by atoms with E-state index in [4.69, 9.17) is 11.1 Å². The van der Waals surface area contributed by atoms with Gasteiger partial charge in [-0.3, -0.25) is 5.41 Å². The molecule has 3 N–H and O–H groups in total. The number of amidine groups is 1. The Kier molecular flexibility index (Phi) is 3.23. The minimum atomic E-state index is 0.370. The van der Waals surface area contributed by atoms with Crippen molar-refractivity contribution in [2.75, 3.05) is 19.6 Å². The van der Waals surface area contributed by atoms with Crippen molar-refractivity contribution in [1.82, 2.24) is 4.90 Å². The van der Waals surface area contributed by atoms with Gasteiger partial charge < -0.3 is 10.6 Å². The lowest BCUT2D eigenvalue weighted by molar-refractivity contribution is 0.209. The van der Waals surface area contributed by atoms with Crippen molar-refractivity contribution in [3.8, 4) is 0 Å². The fourth-order valence-corrected chi connectivity index (χ4v) is 3.13. The molecule has 17 heavy (non-hydrogen) atoms. The minimum Gasteiger partial charge on any atom is -0.388 e. The summed E-state index contributed by atoms with van der Waals surface area (Å²) in [5.41, 5.74) is 6.36. The van der Waals surface area contributed by atoms with E-state index < -0.39 is 0 Å². The molecule has 0 radical (unpaired) electrons. The highest BCUT2D eigenvalue weighted by molar-refractivity contribution is 5.78. The molecule has 1 saturated carbocycles. The van der Waals surface area contributed by atoms with Gasteiger partial charge in [0.2, 0.25) is 0 Å². The molecule has 0 spiro atoms. The molecular formula is C14H27N3. The maximum atomic E-state index is 7.46. The van der Waals surface area contributed by atoms with Gasteiger partial charge in [0, 0.05) is 19.5 Å². The Labute approximate surface area is 105 Å². The summed E-state index contributed by atoms with van der Waals surface area (Å²) in [6, 6.07) is 0. The van der Waals surface area contributed by atoms with E-state index in [0.717, 1.165) is 12.3 Å². The van der Waals surface area contributed by atoms with Crippen molar-refractivity contribution in [2.45, 2.75) is 46.5 Å². The largest absolute Gasteiger partial charge is 0.388 e. The first-order valence-corrected chi connectivity index (χ1v) is 6.86. The highest BCUT2D eigenvalue weighted by Gasteiger charge is 2.45. The summed E-state index contributed by atoms with van der Waals surface area (Å²) in [4.78, 5) is 2.60. The lowest BCUT2D eigenvalue weighted by Gasteiger charge is -2.28. The molecule has 1 heterocycles. The quantitative estimate of drug-likeness (QED) is 0.583. The molecule has 0 aromatic rings. The molecule has 0 aromatic carbocycles. The molecule has 2 aliphatic rings. The fourth-order valence-electron chi connectivity index (χ4n) is 3.13. The van der Waals surface area contributed by atoms with E-state index in [0.29, 0.717) is 16.7 Å². The van der Waals surface area contributed by atoms with Gasteiger partial charge in [-0.25, -0.2) is 0 Å². The maximum Gasteiger partial charge on any atom is 0.0911 e. The van der Waals surface area contributed by atoms with Crippen molar-refractivity contribution in [3.63, 3.8) is 0 Å². The Morgan fingerprint density at radius 2 is 2.06 bits per heavy atom. The van der Waals surface area contributed by atoms with Gasteiger partial charge in [0.15, 0.2) is 0 Å². The van der Waals surface area contributed by atoms with Gasteiger partial charge in [-0.2, -0.15) is 0 Å². The lowest BCUT2D eigenvalue weighted by Crippen LogP contribution is -2.32. The third kappa shape index (κ3) is 3.21. The van der Waals surface area contributed by atoms with Crippen molar-refractivity contribution < 1.29 is 0 Å². The van der Waals surface area contributed by atoms with Crippen LogP contribution in [-0.4, -0.2) is 30.4 Å². The number of nitrogens with two attached hydrogens (primary N) is 1. The van der Waals surface area contributed by atoms with Crippen LogP contribution >= 0.6 is 0 Å². The van der Waals surface area contributed by atoms with E-state index >= 15 is 0 Å². The van der Waals surface area contributed by atoms with Gasteiger partial charge in [-0.05, 0) is 42.6 Å². The molecule has 3 nitrogen and oxygen atoms in total. The molecule has 1 saturated heterocycles. The van der Waals surface area contributed by atoms with E-state index in [1.807, 2.05) is 0 Å². The third-order valence-corrected chi connectivity index (χ3v) is 4.58. The fraction of sp³-hybridized carbons (Fsp3) is 0.929. The van der Waals surface area contributed by atoms with Crippen LogP contribution in [0.4, 0.5) is 0 Å².